The van der Waals surface area contributed by atoms with E-state index in [2.05, 4.69) is 6.92 Å². The van der Waals surface area contributed by atoms with Gasteiger partial charge >= 0.3 is 6.03 Å². The van der Waals surface area contributed by atoms with Crippen molar-refractivity contribution >= 4 is 6.03 Å². The molecule has 2 aliphatic rings. The van der Waals surface area contributed by atoms with Gasteiger partial charge in [0.15, 0.2) is 0 Å². The van der Waals surface area contributed by atoms with Crippen LogP contribution in [-0.2, 0) is 0 Å². The number of likely N-dealkylation sites (tertiary alicyclic amines) is 1. The summed E-state index contributed by atoms with van der Waals surface area (Å²) in [6, 6.07) is 0.769. The molecule has 0 aromatic rings. The normalized spacial score (nSPS) is 23.8. The number of amides is 2. The summed E-state index contributed by atoms with van der Waals surface area (Å²) in [6.07, 6.45) is 7.33. The summed E-state index contributed by atoms with van der Waals surface area (Å²) in [5, 5.41) is 0. The van der Waals surface area contributed by atoms with E-state index in [0.717, 1.165) is 19.0 Å². The number of nitrogens with zero attached hydrogens (tertiary/aromatic N) is 2. The molecule has 3 heteroatoms. The third-order valence-corrected chi connectivity index (χ3v) is 4.23. The molecule has 1 saturated carbocycles. The lowest BCUT2D eigenvalue weighted by atomic mass is 9.99. The topological polar surface area (TPSA) is 23.6 Å². The molecule has 0 aromatic carbocycles. The second-order valence-electron chi connectivity index (χ2n) is 5.50. The van der Waals surface area contributed by atoms with Crippen molar-refractivity contribution in [3.63, 3.8) is 0 Å². The van der Waals surface area contributed by atoms with E-state index < -0.39 is 0 Å². The van der Waals surface area contributed by atoms with Gasteiger partial charge in [-0.25, -0.2) is 4.79 Å². The van der Waals surface area contributed by atoms with Gasteiger partial charge < -0.3 is 9.80 Å². The molecule has 2 amide bonds. The SMILES string of the molecule is CC1CCN(C(=O)N(C)C2CCCC2)CC1. The Hall–Kier alpha value is -0.730. The molecule has 1 saturated heterocycles. The quantitative estimate of drug-likeness (QED) is 0.672. The second kappa shape index (κ2) is 5.07. The van der Waals surface area contributed by atoms with E-state index in [9.17, 15) is 4.79 Å². The third kappa shape index (κ3) is 2.50. The van der Waals surface area contributed by atoms with Gasteiger partial charge in [0.2, 0.25) is 0 Å². The van der Waals surface area contributed by atoms with Crippen LogP contribution in [0.3, 0.4) is 0 Å². The van der Waals surface area contributed by atoms with E-state index in [1.807, 2.05) is 16.8 Å². The van der Waals surface area contributed by atoms with Gasteiger partial charge in [-0.3, -0.25) is 0 Å². The average Bonchev–Trinajstić information content (AvgIpc) is 2.81. The largest absolute Gasteiger partial charge is 0.325 e. The van der Waals surface area contributed by atoms with Crippen molar-refractivity contribution in [2.75, 3.05) is 20.1 Å². The molecule has 0 bridgehead atoms. The van der Waals surface area contributed by atoms with Crippen molar-refractivity contribution in [3.8, 4) is 0 Å². The molecule has 3 nitrogen and oxygen atoms in total. The maximum atomic E-state index is 12.2. The number of urea groups is 1. The molecular weight excluding hydrogens is 200 g/mol. The summed E-state index contributed by atoms with van der Waals surface area (Å²) in [7, 11) is 1.98. The number of hydrogen-bond donors (Lipinski definition) is 0. The molecule has 0 atom stereocenters. The first kappa shape index (κ1) is 11.7. The van der Waals surface area contributed by atoms with Gasteiger partial charge in [0.05, 0.1) is 0 Å². The highest BCUT2D eigenvalue weighted by atomic mass is 16.2. The van der Waals surface area contributed by atoms with E-state index in [1.54, 1.807) is 0 Å². The van der Waals surface area contributed by atoms with Crippen LogP contribution in [0, 0.1) is 5.92 Å². The summed E-state index contributed by atoms with van der Waals surface area (Å²) in [5.41, 5.74) is 0. The number of hydrogen-bond acceptors (Lipinski definition) is 1. The molecule has 1 aliphatic heterocycles. The lowest BCUT2D eigenvalue weighted by molar-refractivity contribution is 0.130. The first-order chi connectivity index (χ1) is 7.68. The Labute approximate surface area is 98.8 Å². The minimum absolute atomic E-state index is 0.263. The molecule has 0 aromatic heterocycles. The van der Waals surface area contributed by atoms with Gasteiger partial charge in [0.1, 0.15) is 0 Å². The van der Waals surface area contributed by atoms with Gasteiger partial charge in [-0.15, -0.1) is 0 Å². The first-order valence-corrected chi connectivity index (χ1v) is 6.70. The van der Waals surface area contributed by atoms with E-state index in [-0.39, 0.29) is 6.03 Å². The Kier molecular flexibility index (Phi) is 3.72. The maximum Gasteiger partial charge on any atom is 0.319 e. The Morgan fingerprint density at radius 1 is 1.12 bits per heavy atom. The Morgan fingerprint density at radius 3 is 2.25 bits per heavy atom. The van der Waals surface area contributed by atoms with E-state index in [1.165, 1.54) is 38.5 Å². The molecule has 0 radical (unpaired) electrons. The summed E-state index contributed by atoms with van der Waals surface area (Å²) in [6.45, 7) is 4.19. The zero-order valence-electron chi connectivity index (χ0n) is 10.6. The average molecular weight is 224 g/mol. The number of rotatable bonds is 1. The smallest absolute Gasteiger partial charge is 0.319 e. The second-order valence-corrected chi connectivity index (χ2v) is 5.50. The summed E-state index contributed by atoms with van der Waals surface area (Å²) < 4.78 is 0. The van der Waals surface area contributed by atoms with Gasteiger partial charge in [0.25, 0.3) is 0 Å². The van der Waals surface area contributed by atoms with Crippen molar-refractivity contribution in [2.45, 2.75) is 51.5 Å². The highest BCUT2D eigenvalue weighted by molar-refractivity contribution is 5.74. The van der Waals surface area contributed by atoms with Crippen LogP contribution in [0.5, 0.6) is 0 Å². The van der Waals surface area contributed by atoms with Crippen molar-refractivity contribution in [1.82, 2.24) is 9.80 Å². The minimum atomic E-state index is 0.263. The van der Waals surface area contributed by atoms with Crippen LogP contribution >= 0.6 is 0 Å². The molecule has 92 valence electrons. The van der Waals surface area contributed by atoms with Crippen molar-refractivity contribution < 1.29 is 4.79 Å². The lowest BCUT2D eigenvalue weighted by Gasteiger charge is -2.35. The fraction of sp³-hybridized carbons (Fsp3) is 0.923. The monoisotopic (exact) mass is 224 g/mol. The van der Waals surface area contributed by atoms with E-state index >= 15 is 0 Å². The van der Waals surface area contributed by atoms with E-state index in [0.29, 0.717) is 6.04 Å². The Balaban J connectivity index is 1.86. The number of carbonyl (C=O) groups excluding carboxylic acids is 1. The zero-order valence-corrected chi connectivity index (χ0v) is 10.6. The van der Waals surface area contributed by atoms with Crippen LogP contribution in [0.1, 0.15) is 45.4 Å². The summed E-state index contributed by atoms with van der Waals surface area (Å²) in [5.74, 6) is 0.792. The van der Waals surface area contributed by atoms with Crippen LogP contribution in [-0.4, -0.2) is 42.0 Å². The van der Waals surface area contributed by atoms with Crippen LogP contribution in [0.25, 0.3) is 0 Å². The number of piperidine rings is 1. The van der Waals surface area contributed by atoms with Gasteiger partial charge in [-0.05, 0) is 31.6 Å². The maximum absolute atomic E-state index is 12.2. The molecule has 1 aliphatic carbocycles. The van der Waals surface area contributed by atoms with Gasteiger partial charge in [0, 0.05) is 26.2 Å². The molecular formula is C13H24N2O. The predicted octanol–water partition coefficient (Wildman–Crippen LogP) is 2.71. The number of carbonyl (C=O) groups is 1. The highest BCUT2D eigenvalue weighted by Crippen LogP contribution is 2.24. The molecule has 2 fully saturated rings. The summed E-state index contributed by atoms with van der Waals surface area (Å²) in [4.78, 5) is 16.3. The minimum Gasteiger partial charge on any atom is -0.325 e. The van der Waals surface area contributed by atoms with E-state index in [4.69, 9.17) is 0 Å². The molecule has 0 spiro atoms. The molecule has 1 heterocycles. The standard InChI is InChI=1S/C13H24N2O/c1-11-7-9-15(10-8-11)13(16)14(2)12-5-3-4-6-12/h11-12H,3-10H2,1-2H3. The summed E-state index contributed by atoms with van der Waals surface area (Å²) >= 11 is 0. The Morgan fingerprint density at radius 2 is 1.69 bits per heavy atom. The lowest BCUT2D eigenvalue weighted by Crippen LogP contribution is -2.47. The molecule has 16 heavy (non-hydrogen) atoms. The Bertz CT molecular complexity index is 240. The van der Waals surface area contributed by atoms with Gasteiger partial charge in [-0.1, -0.05) is 19.8 Å². The molecule has 0 unspecified atom stereocenters. The van der Waals surface area contributed by atoms with Crippen molar-refractivity contribution in [1.29, 1.82) is 0 Å². The fourth-order valence-electron chi connectivity index (χ4n) is 2.87. The third-order valence-electron chi connectivity index (χ3n) is 4.23. The fourth-order valence-corrected chi connectivity index (χ4v) is 2.87. The predicted molar refractivity (Wildman–Crippen MR) is 65.4 cm³/mol. The highest BCUT2D eigenvalue weighted by Gasteiger charge is 2.28. The van der Waals surface area contributed by atoms with Crippen LogP contribution in [0.4, 0.5) is 4.79 Å². The van der Waals surface area contributed by atoms with Crippen LogP contribution < -0.4 is 0 Å². The van der Waals surface area contributed by atoms with Crippen LogP contribution in [0.15, 0.2) is 0 Å². The first-order valence-electron chi connectivity index (χ1n) is 6.70. The molecule has 0 N–H and O–H groups in total. The van der Waals surface area contributed by atoms with Crippen molar-refractivity contribution in [3.05, 3.63) is 0 Å². The van der Waals surface area contributed by atoms with Gasteiger partial charge in [-0.2, -0.15) is 0 Å². The zero-order chi connectivity index (χ0) is 11.5. The van der Waals surface area contributed by atoms with Crippen molar-refractivity contribution in [2.24, 2.45) is 5.92 Å². The molecule has 2 rings (SSSR count). The van der Waals surface area contributed by atoms with Crippen LogP contribution in [0.2, 0.25) is 0 Å².